The molecule has 2 aliphatic rings. The van der Waals surface area contributed by atoms with Crippen molar-refractivity contribution >= 4 is 27.7 Å². The molecule has 2 saturated heterocycles. The van der Waals surface area contributed by atoms with E-state index in [1.54, 1.807) is 12.1 Å². The average Bonchev–Trinajstić information content (AvgIpc) is 2.91. The summed E-state index contributed by atoms with van der Waals surface area (Å²) < 4.78 is 21.3. The molecule has 0 aromatic heterocycles. The standard InChI is InChI=1S/C16H21BrFNOS/c1-19-15(13-8-12(17)2-3-14(13)18)11-4-6-20-16(9-11)5-7-21-10-16/h2-3,8,11,15,19H,4-7,9-10H2,1H3. The van der Waals surface area contributed by atoms with Gasteiger partial charge < -0.3 is 10.1 Å². The normalized spacial score (nSPS) is 30.7. The highest BCUT2D eigenvalue weighted by Gasteiger charge is 2.42. The van der Waals surface area contributed by atoms with E-state index in [0.29, 0.717) is 5.92 Å². The van der Waals surface area contributed by atoms with Crippen LogP contribution in [0.15, 0.2) is 22.7 Å². The maximum absolute atomic E-state index is 14.2. The van der Waals surface area contributed by atoms with E-state index in [4.69, 9.17) is 4.74 Å². The molecule has 0 saturated carbocycles. The van der Waals surface area contributed by atoms with Gasteiger partial charge in [-0.05, 0) is 56.2 Å². The average molecular weight is 374 g/mol. The van der Waals surface area contributed by atoms with E-state index in [1.165, 1.54) is 5.75 Å². The van der Waals surface area contributed by atoms with Crippen molar-refractivity contribution in [1.82, 2.24) is 5.32 Å². The van der Waals surface area contributed by atoms with Crippen LogP contribution in [0.5, 0.6) is 0 Å². The lowest BCUT2D eigenvalue weighted by molar-refractivity contribution is -0.0852. The third kappa shape index (κ3) is 3.31. The van der Waals surface area contributed by atoms with E-state index in [9.17, 15) is 4.39 Å². The van der Waals surface area contributed by atoms with Gasteiger partial charge in [0.2, 0.25) is 0 Å². The highest BCUT2D eigenvalue weighted by Crippen LogP contribution is 2.44. The lowest BCUT2D eigenvalue weighted by atomic mass is 9.79. The second-order valence-corrected chi connectivity index (χ2v) is 8.04. The van der Waals surface area contributed by atoms with Gasteiger partial charge in [0.1, 0.15) is 5.82 Å². The van der Waals surface area contributed by atoms with Gasteiger partial charge in [-0.2, -0.15) is 11.8 Å². The van der Waals surface area contributed by atoms with Crippen molar-refractivity contribution in [3.05, 3.63) is 34.1 Å². The molecule has 116 valence electrons. The third-order valence-corrected chi connectivity index (χ3v) is 6.39. The smallest absolute Gasteiger partial charge is 0.128 e. The fourth-order valence-electron chi connectivity index (χ4n) is 3.61. The topological polar surface area (TPSA) is 21.3 Å². The molecular formula is C16H21BrFNOS. The highest BCUT2D eigenvalue weighted by atomic mass is 79.9. The molecule has 2 nitrogen and oxygen atoms in total. The molecule has 5 heteroatoms. The maximum Gasteiger partial charge on any atom is 0.128 e. The van der Waals surface area contributed by atoms with E-state index >= 15 is 0 Å². The second kappa shape index (κ2) is 6.57. The number of hydrogen-bond donors (Lipinski definition) is 1. The molecule has 3 unspecified atom stereocenters. The number of nitrogens with one attached hydrogen (secondary N) is 1. The van der Waals surface area contributed by atoms with Crippen molar-refractivity contribution < 1.29 is 9.13 Å². The fraction of sp³-hybridized carbons (Fsp3) is 0.625. The number of ether oxygens (including phenoxy) is 1. The Kier molecular flexibility index (Phi) is 4.94. The molecule has 3 rings (SSSR count). The second-order valence-electron chi connectivity index (χ2n) is 6.02. The molecule has 1 spiro atoms. The van der Waals surface area contributed by atoms with Crippen LogP contribution in [0.3, 0.4) is 0 Å². The Morgan fingerprint density at radius 2 is 2.38 bits per heavy atom. The first kappa shape index (κ1) is 15.8. The Bertz CT molecular complexity index is 507. The van der Waals surface area contributed by atoms with Crippen LogP contribution in [0.25, 0.3) is 0 Å². The minimum Gasteiger partial charge on any atom is -0.374 e. The molecule has 1 aromatic rings. The van der Waals surface area contributed by atoms with Gasteiger partial charge >= 0.3 is 0 Å². The van der Waals surface area contributed by atoms with Crippen molar-refractivity contribution in [2.75, 3.05) is 25.2 Å². The van der Waals surface area contributed by atoms with Crippen molar-refractivity contribution in [3.63, 3.8) is 0 Å². The Morgan fingerprint density at radius 1 is 1.52 bits per heavy atom. The number of rotatable bonds is 3. The van der Waals surface area contributed by atoms with Gasteiger partial charge in [0.25, 0.3) is 0 Å². The first-order valence-electron chi connectivity index (χ1n) is 7.47. The van der Waals surface area contributed by atoms with E-state index in [2.05, 4.69) is 21.2 Å². The Balaban J connectivity index is 1.84. The Morgan fingerprint density at radius 3 is 3.10 bits per heavy atom. The van der Waals surface area contributed by atoms with Crippen LogP contribution in [0.4, 0.5) is 4.39 Å². The van der Waals surface area contributed by atoms with Gasteiger partial charge in [-0.25, -0.2) is 4.39 Å². The van der Waals surface area contributed by atoms with Crippen molar-refractivity contribution in [1.29, 1.82) is 0 Å². The predicted molar refractivity (Wildman–Crippen MR) is 89.2 cm³/mol. The van der Waals surface area contributed by atoms with Crippen molar-refractivity contribution in [2.45, 2.75) is 30.9 Å². The van der Waals surface area contributed by atoms with Crippen LogP contribution < -0.4 is 5.32 Å². The van der Waals surface area contributed by atoms with E-state index in [1.807, 2.05) is 24.9 Å². The first-order chi connectivity index (χ1) is 10.1. The Labute approximate surface area is 138 Å². The number of thioether (sulfide) groups is 1. The molecule has 0 radical (unpaired) electrons. The zero-order valence-corrected chi connectivity index (χ0v) is 14.6. The number of hydrogen-bond acceptors (Lipinski definition) is 3. The summed E-state index contributed by atoms with van der Waals surface area (Å²) in [6, 6.07) is 5.26. The summed E-state index contributed by atoms with van der Waals surface area (Å²) in [5.74, 6) is 2.56. The lowest BCUT2D eigenvalue weighted by Gasteiger charge is -2.41. The third-order valence-electron chi connectivity index (χ3n) is 4.67. The van der Waals surface area contributed by atoms with Gasteiger partial charge in [-0.1, -0.05) is 15.9 Å². The summed E-state index contributed by atoms with van der Waals surface area (Å²) in [5.41, 5.74) is 0.796. The van der Waals surface area contributed by atoms with Gasteiger partial charge in [-0.15, -0.1) is 0 Å². The van der Waals surface area contributed by atoms with E-state index in [0.717, 1.165) is 41.7 Å². The van der Waals surface area contributed by atoms with Crippen LogP contribution >= 0.6 is 27.7 Å². The summed E-state index contributed by atoms with van der Waals surface area (Å²) in [6.45, 7) is 0.791. The maximum atomic E-state index is 14.2. The summed E-state index contributed by atoms with van der Waals surface area (Å²) in [6.07, 6.45) is 3.15. The monoisotopic (exact) mass is 373 g/mol. The fourth-order valence-corrected chi connectivity index (χ4v) is 5.37. The number of benzene rings is 1. The molecule has 0 aliphatic carbocycles. The zero-order valence-electron chi connectivity index (χ0n) is 12.2. The molecule has 0 bridgehead atoms. The molecular weight excluding hydrogens is 353 g/mol. The van der Waals surface area contributed by atoms with Crippen molar-refractivity contribution in [3.8, 4) is 0 Å². The molecule has 2 heterocycles. The zero-order chi connectivity index (χ0) is 14.9. The largest absolute Gasteiger partial charge is 0.374 e. The summed E-state index contributed by atoms with van der Waals surface area (Å²) in [5, 5.41) is 3.34. The molecule has 1 N–H and O–H groups in total. The predicted octanol–water partition coefficient (Wildman–Crippen LogP) is 4.15. The molecule has 21 heavy (non-hydrogen) atoms. The van der Waals surface area contributed by atoms with E-state index < -0.39 is 0 Å². The van der Waals surface area contributed by atoms with E-state index in [-0.39, 0.29) is 17.5 Å². The highest BCUT2D eigenvalue weighted by molar-refractivity contribution is 9.10. The first-order valence-corrected chi connectivity index (χ1v) is 9.42. The summed E-state index contributed by atoms with van der Waals surface area (Å²) in [7, 11) is 1.93. The van der Waals surface area contributed by atoms with Crippen LogP contribution in [0.2, 0.25) is 0 Å². The molecule has 0 amide bonds. The summed E-state index contributed by atoms with van der Waals surface area (Å²) >= 11 is 5.43. The number of halogens is 2. The molecule has 3 atom stereocenters. The lowest BCUT2D eigenvalue weighted by Crippen LogP contribution is -2.43. The minimum absolute atomic E-state index is 0.0329. The van der Waals surface area contributed by atoms with Gasteiger partial charge in [0.05, 0.1) is 5.60 Å². The van der Waals surface area contributed by atoms with Crippen LogP contribution in [-0.2, 0) is 4.74 Å². The summed E-state index contributed by atoms with van der Waals surface area (Å²) in [4.78, 5) is 0. The van der Waals surface area contributed by atoms with Gasteiger partial charge in [0, 0.05) is 28.4 Å². The minimum atomic E-state index is -0.126. The molecule has 2 aliphatic heterocycles. The quantitative estimate of drug-likeness (QED) is 0.859. The molecule has 1 aromatic carbocycles. The molecule has 2 fully saturated rings. The van der Waals surface area contributed by atoms with Crippen LogP contribution in [-0.4, -0.2) is 30.8 Å². The van der Waals surface area contributed by atoms with Gasteiger partial charge in [0.15, 0.2) is 0 Å². The Hall–Kier alpha value is -0.100. The van der Waals surface area contributed by atoms with Crippen LogP contribution in [0, 0.1) is 11.7 Å². The van der Waals surface area contributed by atoms with Crippen molar-refractivity contribution in [2.24, 2.45) is 5.92 Å². The van der Waals surface area contributed by atoms with Crippen LogP contribution in [0.1, 0.15) is 30.9 Å². The van der Waals surface area contributed by atoms with Gasteiger partial charge in [-0.3, -0.25) is 0 Å². The SMILES string of the molecule is CNC(c1cc(Br)ccc1F)C1CCOC2(CCSC2)C1.